The molecule has 0 aliphatic carbocycles. The lowest BCUT2D eigenvalue weighted by atomic mass is 10.2. The maximum atomic E-state index is 11.1. The van der Waals surface area contributed by atoms with E-state index < -0.39 is 6.04 Å². The van der Waals surface area contributed by atoms with E-state index in [2.05, 4.69) is 11.9 Å². The van der Waals surface area contributed by atoms with Crippen molar-refractivity contribution in [2.45, 2.75) is 25.3 Å². The number of carbonyl (C=O) groups is 2. The summed E-state index contributed by atoms with van der Waals surface area (Å²) in [6, 6.07) is -0.433. The van der Waals surface area contributed by atoms with Crippen molar-refractivity contribution in [3.8, 4) is 0 Å². The number of amides is 1. The molecule has 4 nitrogen and oxygen atoms in total. The lowest BCUT2D eigenvalue weighted by Gasteiger charge is -2.07. The summed E-state index contributed by atoms with van der Waals surface area (Å²) in [4.78, 5) is 22.1. The SMILES string of the molecule is C=CCCC(=O)NC1CCOC1=O. The number of allylic oxidation sites excluding steroid dienone is 1. The summed E-state index contributed by atoms with van der Waals surface area (Å²) in [6.07, 6.45) is 3.27. The summed E-state index contributed by atoms with van der Waals surface area (Å²) in [7, 11) is 0. The van der Waals surface area contributed by atoms with Crippen LogP contribution in [0, 0.1) is 0 Å². The normalized spacial score (nSPS) is 20.9. The highest BCUT2D eigenvalue weighted by Crippen LogP contribution is 2.05. The Hall–Kier alpha value is -1.32. The van der Waals surface area contributed by atoms with Crippen LogP contribution in [0.25, 0.3) is 0 Å². The molecule has 13 heavy (non-hydrogen) atoms. The molecule has 0 aromatic carbocycles. The fourth-order valence-electron chi connectivity index (χ4n) is 1.13. The van der Waals surface area contributed by atoms with Crippen LogP contribution in [-0.4, -0.2) is 24.5 Å². The van der Waals surface area contributed by atoms with Gasteiger partial charge in [0.1, 0.15) is 6.04 Å². The van der Waals surface area contributed by atoms with Crippen molar-refractivity contribution in [3.63, 3.8) is 0 Å². The molecule has 0 saturated carbocycles. The monoisotopic (exact) mass is 183 g/mol. The lowest BCUT2D eigenvalue weighted by molar-refractivity contribution is -0.141. The predicted molar refractivity (Wildman–Crippen MR) is 46.9 cm³/mol. The van der Waals surface area contributed by atoms with E-state index in [1.165, 1.54) is 0 Å². The molecule has 0 aromatic heterocycles. The van der Waals surface area contributed by atoms with E-state index in [0.29, 0.717) is 25.9 Å². The maximum absolute atomic E-state index is 11.1. The van der Waals surface area contributed by atoms with Gasteiger partial charge in [0.15, 0.2) is 0 Å². The van der Waals surface area contributed by atoms with Gasteiger partial charge >= 0.3 is 5.97 Å². The van der Waals surface area contributed by atoms with E-state index >= 15 is 0 Å². The highest BCUT2D eigenvalue weighted by atomic mass is 16.5. The standard InChI is InChI=1S/C9H13NO3/c1-2-3-4-8(11)10-7-5-6-13-9(7)12/h2,7H,1,3-6H2,(H,10,11). The molecule has 1 atom stereocenters. The van der Waals surface area contributed by atoms with Crippen LogP contribution in [0.3, 0.4) is 0 Å². The molecule has 4 heteroatoms. The van der Waals surface area contributed by atoms with Crippen LogP contribution in [-0.2, 0) is 14.3 Å². The number of esters is 1. The van der Waals surface area contributed by atoms with Crippen molar-refractivity contribution in [3.05, 3.63) is 12.7 Å². The zero-order valence-electron chi connectivity index (χ0n) is 7.41. The van der Waals surface area contributed by atoms with Gasteiger partial charge in [0.2, 0.25) is 5.91 Å². The van der Waals surface area contributed by atoms with Crippen molar-refractivity contribution in [2.24, 2.45) is 0 Å². The molecular weight excluding hydrogens is 170 g/mol. The number of nitrogens with one attached hydrogen (secondary N) is 1. The number of hydrogen-bond donors (Lipinski definition) is 1. The van der Waals surface area contributed by atoms with Crippen LogP contribution >= 0.6 is 0 Å². The predicted octanol–water partition coefficient (Wildman–Crippen LogP) is 0.384. The smallest absolute Gasteiger partial charge is 0.328 e. The van der Waals surface area contributed by atoms with Gasteiger partial charge in [0, 0.05) is 12.8 Å². The second kappa shape index (κ2) is 4.64. The Morgan fingerprint density at radius 3 is 3.08 bits per heavy atom. The molecular formula is C9H13NO3. The van der Waals surface area contributed by atoms with Crippen LogP contribution in [0.4, 0.5) is 0 Å². The molecule has 1 aliphatic rings. The zero-order valence-corrected chi connectivity index (χ0v) is 7.41. The maximum Gasteiger partial charge on any atom is 0.328 e. The van der Waals surface area contributed by atoms with Gasteiger partial charge in [0.05, 0.1) is 6.61 Å². The third-order valence-electron chi connectivity index (χ3n) is 1.85. The number of carbonyl (C=O) groups excluding carboxylic acids is 2. The quantitative estimate of drug-likeness (QED) is 0.506. The molecule has 0 bridgehead atoms. The van der Waals surface area contributed by atoms with Crippen molar-refractivity contribution in [2.75, 3.05) is 6.61 Å². The molecule has 0 spiro atoms. The van der Waals surface area contributed by atoms with Crippen molar-refractivity contribution < 1.29 is 14.3 Å². The van der Waals surface area contributed by atoms with Gasteiger partial charge in [-0.05, 0) is 6.42 Å². The van der Waals surface area contributed by atoms with Crippen molar-refractivity contribution >= 4 is 11.9 Å². The first kappa shape index (κ1) is 9.77. The Labute approximate surface area is 76.9 Å². The first-order valence-electron chi connectivity index (χ1n) is 4.31. The summed E-state index contributed by atoms with van der Waals surface area (Å²) in [5.41, 5.74) is 0. The van der Waals surface area contributed by atoms with Gasteiger partial charge < -0.3 is 10.1 Å². The zero-order chi connectivity index (χ0) is 9.68. The Kier molecular flexibility index (Phi) is 3.49. The highest BCUT2D eigenvalue weighted by molar-refractivity contribution is 5.85. The average Bonchev–Trinajstić information content (AvgIpc) is 2.48. The first-order valence-corrected chi connectivity index (χ1v) is 4.31. The molecule has 1 aliphatic heterocycles. The molecule has 72 valence electrons. The molecule has 0 aromatic rings. The largest absolute Gasteiger partial charge is 0.464 e. The van der Waals surface area contributed by atoms with E-state index in [4.69, 9.17) is 4.74 Å². The minimum atomic E-state index is -0.433. The number of cyclic esters (lactones) is 1. The first-order chi connectivity index (χ1) is 6.24. The molecule has 1 saturated heterocycles. The second-order valence-electron chi connectivity index (χ2n) is 2.90. The van der Waals surface area contributed by atoms with Gasteiger partial charge in [-0.3, -0.25) is 4.79 Å². The third kappa shape index (κ3) is 2.89. The minimum Gasteiger partial charge on any atom is -0.464 e. The lowest BCUT2D eigenvalue weighted by Crippen LogP contribution is -2.37. The molecule has 1 rings (SSSR count). The number of rotatable bonds is 4. The van der Waals surface area contributed by atoms with Crippen LogP contribution in [0.2, 0.25) is 0 Å². The summed E-state index contributed by atoms with van der Waals surface area (Å²) in [5, 5.41) is 2.60. The Morgan fingerprint density at radius 2 is 2.54 bits per heavy atom. The van der Waals surface area contributed by atoms with E-state index in [-0.39, 0.29) is 11.9 Å². The Morgan fingerprint density at radius 1 is 1.77 bits per heavy atom. The van der Waals surface area contributed by atoms with Gasteiger partial charge in [-0.1, -0.05) is 6.08 Å². The van der Waals surface area contributed by atoms with Crippen LogP contribution in [0.5, 0.6) is 0 Å². The molecule has 1 N–H and O–H groups in total. The van der Waals surface area contributed by atoms with E-state index in [1.54, 1.807) is 6.08 Å². The molecule has 0 radical (unpaired) electrons. The van der Waals surface area contributed by atoms with E-state index in [9.17, 15) is 9.59 Å². The minimum absolute atomic E-state index is 0.122. The second-order valence-corrected chi connectivity index (χ2v) is 2.90. The summed E-state index contributed by atoms with van der Waals surface area (Å²) >= 11 is 0. The third-order valence-corrected chi connectivity index (χ3v) is 1.85. The highest BCUT2D eigenvalue weighted by Gasteiger charge is 2.27. The summed E-state index contributed by atoms with van der Waals surface area (Å²) in [5.74, 6) is -0.448. The van der Waals surface area contributed by atoms with Gasteiger partial charge in [-0.2, -0.15) is 0 Å². The number of ether oxygens (including phenoxy) is 1. The van der Waals surface area contributed by atoms with Gasteiger partial charge in [-0.25, -0.2) is 4.79 Å². The fourth-order valence-corrected chi connectivity index (χ4v) is 1.13. The Balaban J connectivity index is 2.26. The van der Waals surface area contributed by atoms with Crippen LogP contribution in [0.1, 0.15) is 19.3 Å². The van der Waals surface area contributed by atoms with E-state index in [1.807, 2.05) is 0 Å². The summed E-state index contributed by atoms with van der Waals surface area (Å²) < 4.78 is 4.70. The van der Waals surface area contributed by atoms with Gasteiger partial charge in [0.25, 0.3) is 0 Å². The van der Waals surface area contributed by atoms with Crippen LogP contribution < -0.4 is 5.32 Å². The summed E-state index contributed by atoms with van der Waals surface area (Å²) in [6.45, 7) is 3.92. The van der Waals surface area contributed by atoms with Crippen molar-refractivity contribution in [1.82, 2.24) is 5.32 Å². The molecule has 1 heterocycles. The average molecular weight is 183 g/mol. The van der Waals surface area contributed by atoms with Crippen molar-refractivity contribution in [1.29, 1.82) is 0 Å². The number of hydrogen-bond acceptors (Lipinski definition) is 3. The Bertz CT molecular complexity index is 225. The van der Waals surface area contributed by atoms with E-state index in [0.717, 1.165) is 0 Å². The molecule has 1 fully saturated rings. The molecule has 1 unspecified atom stereocenters. The molecule has 1 amide bonds. The topological polar surface area (TPSA) is 55.4 Å². The fraction of sp³-hybridized carbons (Fsp3) is 0.556. The van der Waals surface area contributed by atoms with Gasteiger partial charge in [-0.15, -0.1) is 6.58 Å². The van der Waals surface area contributed by atoms with Crippen LogP contribution in [0.15, 0.2) is 12.7 Å².